The van der Waals surface area contributed by atoms with Gasteiger partial charge in [0.2, 0.25) is 9.84 Å². The second-order valence-corrected chi connectivity index (χ2v) is 6.95. The van der Waals surface area contributed by atoms with Gasteiger partial charge in [0.05, 0.1) is 4.90 Å². The second kappa shape index (κ2) is 6.49. The van der Waals surface area contributed by atoms with E-state index < -0.39 is 20.6 Å². The maximum atomic E-state index is 12.9. The topological polar surface area (TPSA) is 57.9 Å². The Bertz CT molecular complexity index is 864. The number of sulfone groups is 1. The number of hydrogen-bond acceptors (Lipinski definition) is 3. The Balaban J connectivity index is 2.59. The molecule has 0 saturated heterocycles. The van der Waals surface area contributed by atoms with Crippen molar-refractivity contribution in [2.24, 2.45) is 0 Å². The summed E-state index contributed by atoms with van der Waals surface area (Å²) in [6.45, 7) is 0. The van der Waals surface area contributed by atoms with Crippen molar-refractivity contribution < 1.29 is 12.8 Å². The van der Waals surface area contributed by atoms with E-state index in [0.717, 1.165) is 30.3 Å². The molecule has 0 amide bonds. The zero-order chi connectivity index (χ0) is 16.3. The number of allylic oxidation sites excluding steroid dienone is 1. The van der Waals surface area contributed by atoms with Crippen molar-refractivity contribution >= 4 is 39.1 Å². The number of benzene rings is 2. The summed E-state index contributed by atoms with van der Waals surface area (Å²) in [6.07, 6.45) is 1.10. The van der Waals surface area contributed by atoms with Gasteiger partial charge in [-0.05, 0) is 42.5 Å². The quantitative estimate of drug-likeness (QED) is 0.602. The lowest BCUT2D eigenvalue weighted by atomic mass is 10.2. The number of nitrogens with zero attached hydrogens (tertiary/aromatic N) is 1. The molecular weight excluding hydrogens is 348 g/mol. The highest BCUT2D eigenvalue weighted by atomic mass is 35.5. The van der Waals surface area contributed by atoms with E-state index in [1.165, 1.54) is 12.1 Å². The largest absolute Gasteiger partial charge is 0.218 e. The van der Waals surface area contributed by atoms with Crippen LogP contribution in [0.25, 0.3) is 6.08 Å². The minimum atomic E-state index is -4.08. The highest BCUT2D eigenvalue weighted by molar-refractivity contribution is 7.95. The molecule has 2 aromatic rings. The summed E-state index contributed by atoms with van der Waals surface area (Å²) in [5, 5.41) is 9.60. The SMILES string of the molecule is N#C/C(=C/c1c(Cl)cccc1Cl)S(=O)(=O)c1ccc(F)cc1. The lowest BCUT2D eigenvalue weighted by Gasteiger charge is -2.05. The first-order chi connectivity index (χ1) is 10.4. The van der Waals surface area contributed by atoms with Crippen LogP contribution in [0.3, 0.4) is 0 Å². The van der Waals surface area contributed by atoms with Crippen molar-refractivity contribution in [2.75, 3.05) is 0 Å². The van der Waals surface area contributed by atoms with Crippen molar-refractivity contribution in [3.05, 3.63) is 68.8 Å². The molecule has 0 aliphatic rings. The number of rotatable bonds is 3. The molecule has 112 valence electrons. The third-order valence-electron chi connectivity index (χ3n) is 2.80. The van der Waals surface area contributed by atoms with E-state index in [9.17, 15) is 12.8 Å². The van der Waals surface area contributed by atoms with Crippen molar-refractivity contribution in [1.82, 2.24) is 0 Å². The predicted molar refractivity (Wildman–Crippen MR) is 83.6 cm³/mol. The zero-order valence-electron chi connectivity index (χ0n) is 10.9. The number of halogens is 3. The molecule has 0 N–H and O–H groups in total. The standard InChI is InChI=1S/C15H8Cl2FNO2S/c16-14-2-1-3-15(17)13(14)8-12(9-19)22(20,21)11-6-4-10(18)5-7-11/h1-8H/b12-8-. The van der Waals surface area contributed by atoms with Crippen molar-refractivity contribution in [2.45, 2.75) is 4.90 Å². The number of hydrogen-bond donors (Lipinski definition) is 0. The van der Waals surface area contributed by atoms with Crippen molar-refractivity contribution in [3.63, 3.8) is 0 Å². The lowest BCUT2D eigenvalue weighted by Crippen LogP contribution is -2.03. The smallest absolute Gasteiger partial charge is 0.216 e. The molecule has 0 saturated carbocycles. The summed E-state index contributed by atoms with van der Waals surface area (Å²) in [5.41, 5.74) is 0.230. The van der Waals surface area contributed by atoms with E-state index in [1.54, 1.807) is 12.1 Å². The summed E-state index contributed by atoms with van der Waals surface area (Å²) in [4.78, 5) is -0.723. The molecule has 7 heteroatoms. The second-order valence-electron chi connectivity index (χ2n) is 4.21. The monoisotopic (exact) mass is 355 g/mol. The van der Waals surface area contributed by atoms with Gasteiger partial charge in [0.25, 0.3) is 0 Å². The molecular formula is C15H8Cl2FNO2S. The predicted octanol–water partition coefficient (Wildman–Crippen LogP) is 4.47. The van der Waals surface area contributed by atoms with Crippen molar-refractivity contribution in [1.29, 1.82) is 5.26 Å². The molecule has 0 unspecified atom stereocenters. The van der Waals surface area contributed by atoms with Crippen molar-refractivity contribution in [3.8, 4) is 6.07 Å². The van der Waals surface area contributed by atoms with Gasteiger partial charge >= 0.3 is 0 Å². The third-order valence-corrected chi connectivity index (χ3v) is 5.14. The molecule has 22 heavy (non-hydrogen) atoms. The van der Waals surface area contributed by atoms with E-state index in [4.69, 9.17) is 28.5 Å². The van der Waals surface area contributed by atoms with E-state index in [1.807, 2.05) is 0 Å². The zero-order valence-corrected chi connectivity index (χ0v) is 13.3. The van der Waals surface area contributed by atoms with Gasteiger partial charge in [-0.15, -0.1) is 0 Å². The van der Waals surface area contributed by atoms with Crippen LogP contribution in [0, 0.1) is 17.1 Å². The van der Waals surface area contributed by atoms with Crippen LogP contribution in [-0.4, -0.2) is 8.42 Å². The Morgan fingerprint density at radius 1 is 1.09 bits per heavy atom. The first kappa shape index (κ1) is 16.5. The van der Waals surface area contributed by atoms with Gasteiger partial charge in [-0.2, -0.15) is 5.26 Å². The molecule has 0 atom stereocenters. The molecule has 0 spiro atoms. The Labute approximate surface area is 137 Å². The normalized spacial score (nSPS) is 12.0. The minimum Gasteiger partial charge on any atom is -0.218 e. The molecule has 2 aromatic carbocycles. The van der Waals surface area contributed by atoms with Crippen LogP contribution in [0.1, 0.15) is 5.56 Å². The molecule has 0 radical (unpaired) electrons. The first-order valence-electron chi connectivity index (χ1n) is 5.92. The minimum absolute atomic E-state index is 0.190. The fourth-order valence-electron chi connectivity index (χ4n) is 1.69. The molecule has 0 aliphatic heterocycles. The average molecular weight is 356 g/mol. The van der Waals surface area contributed by atoms with Crippen LogP contribution in [0.5, 0.6) is 0 Å². The van der Waals surface area contributed by atoms with Gasteiger partial charge in [-0.3, -0.25) is 0 Å². The summed E-state index contributed by atoms with van der Waals surface area (Å²) in [7, 11) is -4.08. The third kappa shape index (κ3) is 3.30. The highest BCUT2D eigenvalue weighted by Crippen LogP contribution is 2.29. The Hall–Kier alpha value is -1.87. The fraction of sp³-hybridized carbons (Fsp3) is 0. The van der Waals surface area contributed by atoms with E-state index in [2.05, 4.69) is 0 Å². The summed E-state index contributed by atoms with van der Waals surface area (Å²) >= 11 is 11.9. The fourth-order valence-corrected chi connectivity index (χ4v) is 3.34. The van der Waals surface area contributed by atoms with E-state index in [-0.39, 0.29) is 20.5 Å². The summed E-state index contributed by atoms with van der Waals surface area (Å²) in [6, 6.07) is 10.5. The molecule has 0 aliphatic carbocycles. The summed E-state index contributed by atoms with van der Waals surface area (Å²) in [5.74, 6) is -0.574. The molecule has 2 rings (SSSR count). The van der Waals surface area contributed by atoms with Crippen LogP contribution in [0.2, 0.25) is 10.0 Å². The van der Waals surface area contributed by atoms with Crippen LogP contribution in [0.4, 0.5) is 4.39 Å². The molecule has 0 bridgehead atoms. The average Bonchev–Trinajstić information content (AvgIpc) is 2.47. The van der Waals surface area contributed by atoms with Gasteiger partial charge < -0.3 is 0 Å². The van der Waals surface area contributed by atoms with Crippen LogP contribution >= 0.6 is 23.2 Å². The Kier molecular flexibility index (Phi) is 4.87. The molecule has 3 nitrogen and oxygen atoms in total. The first-order valence-corrected chi connectivity index (χ1v) is 8.16. The maximum Gasteiger partial charge on any atom is 0.216 e. The summed E-state index contributed by atoms with van der Waals surface area (Å²) < 4.78 is 37.7. The molecule has 0 heterocycles. The van der Waals surface area contributed by atoms with Gasteiger partial charge in [0.1, 0.15) is 16.8 Å². The van der Waals surface area contributed by atoms with Crippen LogP contribution < -0.4 is 0 Å². The molecule has 0 aromatic heterocycles. The van der Waals surface area contributed by atoms with Gasteiger partial charge in [-0.1, -0.05) is 29.3 Å². The van der Waals surface area contributed by atoms with Gasteiger partial charge in [0, 0.05) is 15.6 Å². The maximum absolute atomic E-state index is 12.9. The van der Waals surface area contributed by atoms with Crippen LogP contribution in [0.15, 0.2) is 52.3 Å². The van der Waals surface area contributed by atoms with Crippen LogP contribution in [-0.2, 0) is 9.84 Å². The highest BCUT2D eigenvalue weighted by Gasteiger charge is 2.21. The lowest BCUT2D eigenvalue weighted by molar-refractivity contribution is 0.601. The number of nitriles is 1. The van der Waals surface area contributed by atoms with Gasteiger partial charge in [-0.25, -0.2) is 12.8 Å². The van der Waals surface area contributed by atoms with E-state index in [0.29, 0.717) is 0 Å². The Morgan fingerprint density at radius 2 is 1.64 bits per heavy atom. The van der Waals surface area contributed by atoms with E-state index >= 15 is 0 Å². The Morgan fingerprint density at radius 3 is 2.14 bits per heavy atom. The molecule has 0 fully saturated rings. The van der Waals surface area contributed by atoms with Gasteiger partial charge in [0.15, 0.2) is 0 Å².